The number of methoxy groups -OCH3 is 1. The van der Waals surface area contributed by atoms with Gasteiger partial charge in [-0.15, -0.1) is 0 Å². The van der Waals surface area contributed by atoms with Gasteiger partial charge < -0.3 is 15.4 Å². The molecule has 0 aliphatic carbocycles. The molecule has 2 N–H and O–H groups in total. The van der Waals surface area contributed by atoms with Crippen LogP contribution in [0.3, 0.4) is 0 Å². The first-order valence-electron chi connectivity index (χ1n) is 8.38. The van der Waals surface area contributed by atoms with E-state index in [1.54, 1.807) is 18.2 Å². The number of carbonyl (C=O) groups is 1. The summed E-state index contributed by atoms with van der Waals surface area (Å²) in [6.07, 6.45) is 0.889. The van der Waals surface area contributed by atoms with Crippen molar-refractivity contribution in [3.05, 3.63) is 63.7 Å². The summed E-state index contributed by atoms with van der Waals surface area (Å²) in [7, 11) is 1.32. The lowest BCUT2D eigenvalue weighted by molar-refractivity contribution is 0.0601. The first-order chi connectivity index (χ1) is 12.3. The quantitative estimate of drug-likeness (QED) is 0.544. The molecule has 0 heterocycles. The standard InChI is InChI=1S/C20H23ClN2O2S/c1-5-18(15-8-6-12(2)10-13(15)3)23-20(26)22-14-7-9-17(21)16(11-14)19(24)25-4/h6-11,18H,5H2,1-4H3,(H2,22,23,26). The van der Waals surface area contributed by atoms with Crippen LogP contribution in [0.1, 0.15) is 46.4 Å². The lowest BCUT2D eigenvalue weighted by Gasteiger charge is -2.22. The number of hydrogen-bond donors (Lipinski definition) is 2. The smallest absolute Gasteiger partial charge is 0.339 e. The molecule has 0 aliphatic rings. The summed E-state index contributed by atoms with van der Waals surface area (Å²) in [6.45, 7) is 6.29. The fourth-order valence-electron chi connectivity index (χ4n) is 2.81. The Morgan fingerprint density at radius 3 is 2.58 bits per heavy atom. The molecular formula is C20H23ClN2O2S. The number of ether oxygens (including phenoxy) is 1. The second-order valence-electron chi connectivity index (χ2n) is 6.11. The highest BCUT2D eigenvalue weighted by Crippen LogP contribution is 2.23. The van der Waals surface area contributed by atoms with Gasteiger partial charge in [0.05, 0.1) is 23.7 Å². The van der Waals surface area contributed by atoms with E-state index in [1.807, 2.05) is 0 Å². The molecule has 0 aromatic heterocycles. The molecule has 0 fully saturated rings. The fourth-order valence-corrected chi connectivity index (χ4v) is 3.27. The van der Waals surface area contributed by atoms with Gasteiger partial charge in [0, 0.05) is 5.69 Å². The molecule has 26 heavy (non-hydrogen) atoms. The Kier molecular flexibility index (Phi) is 7.00. The SMILES string of the molecule is CCC(NC(=S)Nc1ccc(Cl)c(C(=O)OC)c1)c1ccc(C)cc1C. The van der Waals surface area contributed by atoms with Crippen molar-refractivity contribution in [3.63, 3.8) is 0 Å². The predicted molar refractivity (Wildman–Crippen MR) is 111 cm³/mol. The van der Waals surface area contributed by atoms with Gasteiger partial charge in [-0.2, -0.15) is 0 Å². The van der Waals surface area contributed by atoms with Crippen LogP contribution in [0, 0.1) is 13.8 Å². The number of benzene rings is 2. The number of aryl methyl sites for hydroxylation is 2. The number of thiocarbonyl (C=S) groups is 1. The van der Waals surface area contributed by atoms with E-state index in [2.05, 4.69) is 49.6 Å². The maximum absolute atomic E-state index is 11.8. The molecule has 0 spiro atoms. The zero-order chi connectivity index (χ0) is 19.3. The van der Waals surface area contributed by atoms with Crippen LogP contribution in [0.4, 0.5) is 5.69 Å². The molecule has 6 heteroatoms. The lowest BCUT2D eigenvalue weighted by Crippen LogP contribution is -2.32. The van der Waals surface area contributed by atoms with Crippen molar-refractivity contribution in [2.75, 3.05) is 12.4 Å². The van der Waals surface area contributed by atoms with Gasteiger partial charge in [-0.1, -0.05) is 42.3 Å². The van der Waals surface area contributed by atoms with Gasteiger partial charge in [0.15, 0.2) is 5.11 Å². The Labute approximate surface area is 164 Å². The van der Waals surface area contributed by atoms with Crippen LogP contribution in [0.15, 0.2) is 36.4 Å². The van der Waals surface area contributed by atoms with Crippen molar-refractivity contribution >= 4 is 40.6 Å². The Morgan fingerprint density at radius 1 is 1.23 bits per heavy atom. The number of hydrogen-bond acceptors (Lipinski definition) is 3. The highest BCUT2D eigenvalue weighted by molar-refractivity contribution is 7.80. The number of anilines is 1. The average Bonchev–Trinajstić information content (AvgIpc) is 2.61. The molecule has 2 aromatic rings. The van der Waals surface area contributed by atoms with Gasteiger partial charge in [-0.25, -0.2) is 4.79 Å². The fraction of sp³-hybridized carbons (Fsp3) is 0.300. The Morgan fingerprint density at radius 2 is 1.96 bits per heavy atom. The number of halogens is 1. The molecule has 0 aliphatic heterocycles. The summed E-state index contributed by atoms with van der Waals surface area (Å²) in [5.41, 5.74) is 4.64. The summed E-state index contributed by atoms with van der Waals surface area (Å²) >= 11 is 11.5. The van der Waals surface area contributed by atoms with Gasteiger partial charge in [0.1, 0.15) is 0 Å². The number of esters is 1. The van der Waals surface area contributed by atoms with Crippen LogP contribution >= 0.6 is 23.8 Å². The maximum atomic E-state index is 11.8. The number of rotatable bonds is 5. The molecule has 0 bridgehead atoms. The van der Waals surface area contributed by atoms with Crippen molar-refractivity contribution in [1.82, 2.24) is 5.32 Å². The molecule has 0 saturated carbocycles. The molecule has 2 aromatic carbocycles. The average molecular weight is 391 g/mol. The molecule has 2 rings (SSSR count). The van der Waals surface area contributed by atoms with E-state index in [1.165, 1.54) is 23.8 Å². The predicted octanol–water partition coefficient (Wildman–Crippen LogP) is 5.18. The highest BCUT2D eigenvalue weighted by atomic mass is 35.5. The zero-order valence-corrected chi connectivity index (χ0v) is 16.9. The maximum Gasteiger partial charge on any atom is 0.339 e. The molecular weight excluding hydrogens is 368 g/mol. The molecule has 138 valence electrons. The van der Waals surface area contributed by atoms with Crippen molar-refractivity contribution in [3.8, 4) is 0 Å². The van der Waals surface area contributed by atoms with Gasteiger partial charge in [0.25, 0.3) is 0 Å². The third kappa shape index (κ3) is 4.96. The van der Waals surface area contributed by atoms with Crippen molar-refractivity contribution in [2.24, 2.45) is 0 Å². The van der Waals surface area contributed by atoms with Gasteiger partial charge >= 0.3 is 5.97 Å². The molecule has 1 atom stereocenters. The molecule has 0 saturated heterocycles. The summed E-state index contributed by atoms with van der Waals surface area (Å²) in [5, 5.41) is 7.27. The molecule has 0 amide bonds. The minimum Gasteiger partial charge on any atom is -0.465 e. The van der Waals surface area contributed by atoms with Crippen LogP contribution in [0.5, 0.6) is 0 Å². The number of nitrogens with one attached hydrogen (secondary N) is 2. The normalized spacial score (nSPS) is 11.6. The topological polar surface area (TPSA) is 50.4 Å². The lowest BCUT2D eigenvalue weighted by atomic mass is 9.98. The van der Waals surface area contributed by atoms with E-state index < -0.39 is 5.97 Å². The minimum absolute atomic E-state index is 0.1000. The minimum atomic E-state index is -0.487. The summed E-state index contributed by atoms with van der Waals surface area (Å²) in [6, 6.07) is 11.5. The van der Waals surface area contributed by atoms with Crippen LogP contribution in [-0.4, -0.2) is 18.2 Å². The Hall–Kier alpha value is -2.11. The second-order valence-corrected chi connectivity index (χ2v) is 6.92. The van der Waals surface area contributed by atoms with E-state index in [0.717, 1.165) is 6.42 Å². The van der Waals surface area contributed by atoms with Crippen LogP contribution in [0.2, 0.25) is 5.02 Å². The third-order valence-corrected chi connectivity index (χ3v) is 4.69. The van der Waals surface area contributed by atoms with E-state index in [4.69, 9.17) is 28.6 Å². The first kappa shape index (κ1) is 20.2. The summed E-state index contributed by atoms with van der Waals surface area (Å²) in [5.74, 6) is -0.487. The van der Waals surface area contributed by atoms with E-state index in [-0.39, 0.29) is 6.04 Å². The van der Waals surface area contributed by atoms with E-state index in [9.17, 15) is 4.79 Å². The Balaban J connectivity index is 2.13. The third-order valence-electron chi connectivity index (χ3n) is 4.14. The van der Waals surface area contributed by atoms with Crippen LogP contribution < -0.4 is 10.6 Å². The van der Waals surface area contributed by atoms with Gasteiger partial charge in [0.2, 0.25) is 0 Å². The summed E-state index contributed by atoms with van der Waals surface area (Å²) in [4.78, 5) is 11.8. The van der Waals surface area contributed by atoms with Crippen molar-refractivity contribution < 1.29 is 9.53 Å². The van der Waals surface area contributed by atoms with Crippen LogP contribution in [0.25, 0.3) is 0 Å². The largest absolute Gasteiger partial charge is 0.465 e. The van der Waals surface area contributed by atoms with Gasteiger partial charge in [-0.3, -0.25) is 0 Å². The van der Waals surface area contributed by atoms with E-state index in [0.29, 0.717) is 21.4 Å². The van der Waals surface area contributed by atoms with Crippen LogP contribution in [-0.2, 0) is 4.74 Å². The first-order valence-corrected chi connectivity index (χ1v) is 9.16. The zero-order valence-electron chi connectivity index (χ0n) is 15.4. The highest BCUT2D eigenvalue weighted by Gasteiger charge is 2.15. The Bertz CT molecular complexity index is 823. The van der Waals surface area contributed by atoms with E-state index >= 15 is 0 Å². The molecule has 1 unspecified atom stereocenters. The monoisotopic (exact) mass is 390 g/mol. The molecule has 0 radical (unpaired) electrons. The van der Waals surface area contributed by atoms with Crippen molar-refractivity contribution in [2.45, 2.75) is 33.2 Å². The van der Waals surface area contributed by atoms with Crippen molar-refractivity contribution in [1.29, 1.82) is 0 Å². The second kappa shape index (κ2) is 9.01. The summed E-state index contributed by atoms with van der Waals surface area (Å²) < 4.78 is 4.74. The van der Waals surface area contributed by atoms with Gasteiger partial charge in [-0.05, 0) is 61.8 Å². The number of carbonyl (C=O) groups excluding carboxylic acids is 1. The molecule has 4 nitrogen and oxygen atoms in total.